The fourth-order valence-electron chi connectivity index (χ4n) is 1.50. The molecule has 1 aromatic carbocycles. The molecule has 1 aromatic rings. The van der Waals surface area contributed by atoms with E-state index in [1.165, 1.54) is 6.07 Å². The highest BCUT2D eigenvalue weighted by atomic mass is 19.4. The molecule has 19 heavy (non-hydrogen) atoms. The number of rotatable bonds is 5. The van der Waals surface area contributed by atoms with Crippen LogP contribution in [0.25, 0.3) is 0 Å². The summed E-state index contributed by atoms with van der Waals surface area (Å²) in [4.78, 5) is 0. The first kappa shape index (κ1) is 15.9. The van der Waals surface area contributed by atoms with Crippen LogP contribution in [0.3, 0.4) is 0 Å². The lowest BCUT2D eigenvalue weighted by Gasteiger charge is -2.22. The third kappa shape index (κ3) is 4.80. The second-order valence-electron chi connectivity index (χ2n) is 5.24. The van der Waals surface area contributed by atoms with Crippen LogP contribution in [0.4, 0.5) is 17.6 Å². The van der Waals surface area contributed by atoms with Crippen molar-refractivity contribution in [1.82, 2.24) is 5.32 Å². The topological polar surface area (TPSA) is 32.3 Å². The van der Waals surface area contributed by atoms with Crippen LogP contribution < -0.4 is 5.32 Å². The average Bonchev–Trinajstić information content (AvgIpc) is 2.30. The molecule has 0 aliphatic rings. The molecule has 0 fully saturated rings. The van der Waals surface area contributed by atoms with Gasteiger partial charge in [0.05, 0.1) is 5.56 Å². The highest BCUT2D eigenvalue weighted by molar-refractivity contribution is 5.27. The van der Waals surface area contributed by atoms with Crippen molar-refractivity contribution < 1.29 is 22.7 Å². The fourth-order valence-corrected chi connectivity index (χ4v) is 1.50. The second kappa shape index (κ2) is 5.88. The number of aliphatic hydroxyl groups is 1. The van der Waals surface area contributed by atoms with Gasteiger partial charge in [-0.25, -0.2) is 4.39 Å². The molecule has 0 heterocycles. The molecule has 0 unspecified atom stereocenters. The largest absolute Gasteiger partial charge is 0.419 e. The molecular formula is C13H17F4NO. The van der Waals surface area contributed by atoms with Crippen molar-refractivity contribution in [3.63, 3.8) is 0 Å². The van der Waals surface area contributed by atoms with E-state index in [-0.39, 0.29) is 18.6 Å². The molecule has 1 rings (SSSR count). The lowest BCUT2D eigenvalue weighted by atomic mass is 9.95. The summed E-state index contributed by atoms with van der Waals surface area (Å²) < 4.78 is 50.6. The van der Waals surface area contributed by atoms with E-state index >= 15 is 0 Å². The molecule has 0 spiro atoms. The zero-order chi connectivity index (χ0) is 14.7. The van der Waals surface area contributed by atoms with E-state index in [0.29, 0.717) is 12.1 Å². The number of alkyl halides is 3. The van der Waals surface area contributed by atoms with Crippen molar-refractivity contribution in [2.75, 3.05) is 13.2 Å². The Kier molecular flexibility index (Phi) is 4.92. The Hall–Kier alpha value is -1.14. The van der Waals surface area contributed by atoms with Gasteiger partial charge in [0, 0.05) is 25.1 Å². The summed E-state index contributed by atoms with van der Waals surface area (Å²) in [5.74, 6) is -1.27. The van der Waals surface area contributed by atoms with Crippen molar-refractivity contribution in [2.24, 2.45) is 5.41 Å². The van der Waals surface area contributed by atoms with Crippen molar-refractivity contribution in [3.05, 3.63) is 35.1 Å². The van der Waals surface area contributed by atoms with Crippen molar-refractivity contribution in [3.8, 4) is 0 Å². The van der Waals surface area contributed by atoms with Crippen LogP contribution in [0.2, 0.25) is 0 Å². The molecule has 0 aliphatic heterocycles. The van der Waals surface area contributed by atoms with Crippen LogP contribution in [0.15, 0.2) is 18.2 Å². The van der Waals surface area contributed by atoms with Gasteiger partial charge in [-0.3, -0.25) is 0 Å². The molecule has 0 saturated heterocycles. The Labute approximate surface area is 109 Å². The quantitative estimate of drug-likeness (QED) is 0.812. The minimum absolute atomic E-state index is 0.0305. The molecule has 2 nitrogen and oxygen atoms in total. The normalized spacial score (nSPS) is 12.8. The second-order valence-corrected chi connectivity index (χ2v) is 5.24. The van der Waals surface area contributed by atoms with Crippen LogP contribution in [0.5, 0.6) is 0 Å². The van der Waals surface area contributed by atoms with Crippen LogP contribution in [-0.4, -0.2) is 18.3 Å². The maximum atomic E-state index is 13.1. The van der Waals surface area contributed by atoms with Crippen LogP contribution in [-0.2, 0) is 12.7 Å². The summed E-state index contributed by atoms with van der Waals surface area (Å²) >= 11 is 0. The maximum Gasteiger partial charge on any atom is 0.419 e. The Morgan fingerprint density at radius 3 is 2.37 bits per heavy atom. The Balaban J connectivity index is 2.71. The highest BCUT2D eigenvalue weighted by Crippen LogP contribution is 2.31. The van der Waals surface area contributed by atoms with Crippen LogP contribution in [0, 0.1) is 11.2 Å². The Bertz CT molecular complexity index is 429. The van der Waals surface area contributed by atoms with Gasteiger partial charge < -0.3 is 10.4 Å². The molecule has 0 aliphatic carbocycles. The number of hydrogen-bond donors (Lipinski definition) is 2. The SMILES string of the molecule is CC(C)(CO)CNCc1ccc(F)c(C(F)(F)F)c1. The van der Waals surface area contributed by atoms with E-state index in [0.717, 1.165) is 12.1 Å². The molecule has 0 atom stereocenters. The molecule has 0 bridgehead atoms. The van der Waals surface area contributed by atoms with Crippen molar-refractivity contribution in [2.45, 2.75) is 26.6 Å². The molecular weight excluding hydrogens is 262 g/mol. The van der Waals surface area contributed by atoms with E-state index < -0.39 is 17.6 Å². The summed E-state index contributed by atoms with van der Waals surface area (Å²) in [7, 11) is 0. The molecule has 0 saturated carbocycles. The first-order chi connectivity index (χ1) is 8.65. The predicted octanol–water partition coefficient (Wildman–Crippen LogP) is 2.95. The summed E-state index contributed by atoms with van der Waals surface area (Å²) in [6.07, 6.45) is -4.69. The van der Waals surface area contributed by atoms with Crippen molar-refractivity contribution >= 4 is 0 Å². The molecule has 0 amide bonds. The smallest absolute Gasteiger partial charge is 0.396 e. The summed E-state index contributed by atoms with van der Waals surface area (Å²) in [6.45, 7) is 4.25. The van der Waals surface area contributed by atoms with Gasteiger partial charge in [0.25, 0.3) is 0 Å². The number of benzene rings is 1. The fraction of sp³-hybridized carbons (Fsp3) is 0.538. The summed E-state index contributed by atoms with van der Waals surface area (Å²) in [5, 5.41) is 12.0. The lowest BCUT2D eigenvalue weighted by molar-refractivity contribution is -0.140. The first-order valence-electron chi connectivity index (χ1n) is 5.83. The molecule has 0 radical (unpaired) electrons. The van der Waals surface area contributed by atoms with Crippen LogP contribution >= 0.6 is 0 Å². The number of aliphatic hydroxyl groups excluding tert-OH is 1. The van der Waals surface area contributed by atoms with Crippen molar-refractivity contribution in [1.29, 1.82) is 0 Å². The minimum Gasteiger partial charge on any atom is -0.396 e. The van der Waals surface area contributed by atoms with E-state index in [9.17, 15) is 17.6 Å². The van der Waals surface area contributed by atoms with Gasteiger partial charge in [0.1, 0.15) is 5.82 Å². The van der Waals surface area contributed by atoms with Crippen LogP contribution in [0.1, 0.15) is 25.0 Å². The zero-order valence-corrected chi connectivity index (χ0v) is 10.8. The number of halogens is 4. The summed E-state index contributed by atoms with van der Waals surface area (Å²) in [6, 6.07) is 2.93. The highest BCUT2D eigenvalue weighted by Gasteiger charge is 2.34. The van der Waals surface area contributed by atoms with Gasteiger partial charge >= 0.3 is 6.18 Å². The molecule has 6 heteroatoms. The van der Waals surface area contributed by atoms with E-state index in [1.807, 2.05) is 13.8 Å². The lowest BCUT2D eigenvalue weighted by Crippen LogP contribution is -2.31. The standard InChI is InChI=1S/C13H17F4NO/c1-12(2,8-19)7-18-6-9-3-4-11(14)10(5-9)13(15,16)17/h3-5,18-19H,6-8H2,1-2H3. The molecule has 2 N–H and O–H groups in total. The summed E-state index contributed by atoms with van der Waals surface area (Å²) in [5.41, 5.74) is -1.26. The van der Waals surface area contributed by atoms with Gasteiger partial charge in [-0.05, 0) is 17.7 Å². The Morgan fingerprint density at radius 1 is 1.21 bits per heavy atom. The molecule has 108 valence electrons. The number of hydrogen-bond acceptors (Lipinski definition) is 2. The van der Waals surface area contributed by atoms with E-state index in [2.05, 4.69) is 5.32 Å². The predicted molar refractivity (Wildman–Crippen MR) is 64.0 cm³/mol. The first-order valence-corrected chi connectivity index (χ1v) is 5.83. The molecule has 0 aromatic heterocycles. The maximum absolute atomic E-state index is 13.1. The van der Waals surface area contributed by atoms with E-state index in [4.69, 9.17) is 5.11 Å². The van der Waals surface area contributed by atoms with Gasteiger partial charge in [0.15, 0.2) is 0 Å². The minimum atomic E-state index is -4.69. The third-order valence-electron chi connectivity index (χ3n) is 2.70. The van der Waals surface area contributed by atoms with Gasteiger partial charge in [0.2, 0.25) is 0 Å². The van der Waals surface area contributed by atoms with Gasteiger partial charge in [-0.2, -0.15) is 13.2 Å². The number of nitrogens with one attached hydrogen (secondary N) is 1. The monoisotopic (exact) mass is 279 g/mol. The third-order valence-corrected chi connectivity index (χ3v) is 2.70. The zero-order valence-electron chi connectivity index (χ0n) is 10.8. The van der Waals surface area contributed by atoms with Gasteiger partial charge in [-0.1, -0.05) is 19.9 Å². The average molecular weight is 279 g/mol. The van der Waals surface area contributed by atoms with Gasteiger partial charge in [-0.15, -0.1) is 0 Å². The van der Waals surface area contributed by atoms with E-state index in [1.54, 1.807) is 0 Å². The Morgan fingerprint density at radius 2 is 1.84 bits per heavy atom.